The Labute approximate surface area is 129 Å². The van der Waals surface area contributed by atoms with Crippen molar-refractivity contribution >= 4 is 32.6 Å². The molecule has 2 aromatic carbocycles. The van der Waals surface area contributed by atoms with Gasteiger partial charge in [0.1, 0.15) is 11.6 Å². The summed E-state index contributed by atoms with van der Waals surface area (Å²) in [4.78, 5) is 16.6. The van der Waals surface area contributed by atoms with E-state index in [0.29, 0.717) is 21.8 Å². The van der Waals surface area contributed by atoms with Crippen molar-refractivity contribution in [1.82, 2.24) is 4.98 Å². The van der Waals surface area contributed by atoms with Gasteiger partial charge in [-0.3, -0.25) is 10.1 Å². The van der Waals surface area contributed by atoms with E-state index in [9.17, 15) is 9.18 Å². The number of nitrogens with one attached hydrogen (secondary N) is 1. The van der Waals surface area contributed by atoms with Crippen molar-refractivity contribution in [2.75, 3.05) is 5.32 Å². The zero-order chi connectivity index (χ0) is 15.1. The normalized spacial score (nSPS) is 16.3. The molecule has 110 valence electrons. The summed E-state index contributed by atoms with van der Waals surface area (Å²) in [5, 5.41) is 3.20. The molecule has 1 amide bonds. The number of amides is 1. The summed E-state index contributed by atoms with van der Waals surface area (Å²) < 4.78 is 19.5. The van der Waals surface area contributed by atoms with Crippen LogP contribution in [-0.4, -0.2) is 17.0 Å². The summed E-state index contributed by atoms with van der Waals surface area (Å²) >= 11 is 1.24. The highest BCUT2D eigenvalue weighted by atomic mass is 32.1. The molecule has 1 atom stereocenters. The predicted molar refractivity (Wildman–Crippen MR) is 82.8 cm³/mol. The molecule has 22 heavy (non-hydrogen) atoms. The number of ether oxygens (including phenoxy) is 1. The fourth-order valence-corrected chi connectivity index (χ4v) is 3.36. The molecule has 0 saturated carbocycles. The third-order valence-electron chi connectivity index (χ3n) is 3.52. The number of hydrogen-bond acceptors (Lipinski definition) is 4. The summed E-state index contributed by atoms with van der Waals surface area (Å²) in [6.07, 6.45) is -0.0113. The lowest BCUT2D eigenvalue weighted by Gasteiger charge is -2.09. The first-order valence-electron chi connectivity index (χ1n) is 6.80. The second-order valence-electron chi connectivity index (χ2n) is 5.04. The standard InChI is InChI=1S/C16H11FN2O2S/c17-10-5-6-11-14(8-10)22-16(18-11)19-15(20)13-7-9-3-1-2-4-12(9)21-13/h1-6,8,13H,7H2,(H,18,19,20)/t13-/m0/s1. The van der Waals surface area contributed by atoms with Gasteiger partial charge in [-0.15, -0.1) is 0 Å². The average Bonchev–Trinajstić information content (AvgIpc) is 3.09. The first-order chi connectivity index (χ1) is 10.7. The molecule has 0 aliphatic carbocycles. The van der Waals surface area contributed by atoms with Crippen LogP contribution in [0.2, 0.25) is 0 Å². The van der Waals surface area contributed by atoms with Crippen molar-refractivity contribution < 1.29 is 13.9 Å². The van der Waals surface area contributed by atoms with Crippen LogP contribution >= 0.6 is 11.3 Å². The molecular weight excluding hydrogens is 303 g/mol. The van der Waals surface area contributed by atoms with E-state index in [1.807, 2.05) is 24.3 Å². The topological polar surface area (TPSA) is 51.2 Å². The van der Waals surface area contributed by atoms with Gasteiger partial charge in [-0.25, -0.2) is 9.37 Å². The lowest BCUT2D eigenvalue weighted by molar-refractivity contribution is -0.122. The number of aromatic nitrogens is 1. The molecule has 4 rings (SSSR count). The molecular formula is C16H11FN2O2S. The molecule has 0 bridgehead atoms. The number of para-hydroxylation sites is 1. The number of anilines is 1. The monoisotopic (exact) mass is 314 g/mol. The Bertz CT molecular complexity index is 852. The maximum atomic E-state index is 13.2. The fraction of sp³-hybridized carbons (Fsp3) is 0.125. The SMILES string of the molecule is O=C(Nc1nc2ccc(F)cc2s1)[C@@H]1Cc2ccccc2O1. The molecule has 6 heteroatoms. The first kappa shape index (κ1) is 13.2. The number of hydrogen-bond donors (Lipinski definition) is 1. The summed E-state index contributed by atoms with van der Waals surface area (Å²) in [6.45, 7) is 0. The Morgan fingerprint density at radius 2 is 2.18 bits per heavy atom. The third kappa shape index (κ3) is 2.31. The van der Waals surface area contributed by atoms with Gasteiger partial charge in [0.15, 0.2) is 11.2 Å². The average molecular weight is 314 g/mol. The fourth-order valence-electron chi connectivity index (χ4n) is 2.47. The van der Waals surface area contributed by atoms with Crippen molar-refractivity contribution in [3.05, 3.63) is 53.8 Å². The largest absolute Gasteiger partial charge is 0.480 e. The Balaban J connectivity index is 1.52. The van der Waals surface area contributed by atoms with Crippen LogP contribution in [0.5, 0.6) is 5.75 Å². The van der Waals surface area contributed by atoms with Gasteiger partial charge in [0.2, 0.25) is 0 Å². The van der Waals surface area contributed by atoms with Crippen LogP contribution in [0.1, 0.15) is 5.56 Å². The van der Waals surface area contributed by atoms with E-state index in [4.69, 9.17) is 4.74 Å². The van der Waals surface area contributed by atoms with E-state index in [1.165, 1.54) is 23.5 Å². The van der Waals surface area contributed by atoms with Crippen LogP contribution in [-0.2, 0) is 11.2 Å². The van der Waals surface area contributed by atoms with Crippen molar-refractivity contribution in [3.63, 3.8) is 0 Å². The highest BCUT2D eigenvalue weighted by molar-refractivity contribution is 7.22. The number of benzene rings is 2. The molecule has 2 heterocycles. The van der Waals surface area contributed by atoms with E-state index in [2.05, 4.69) is 10.3 Å². The molecule has 0 spiro atoms. The van der Waals surface area contributed by atoms with E-state index >= 15 is 0 Å². The van der Waals surface area contributed by atoms with Gasteiger partial charge < -0.3 is 4.74 Å². The van der Waals surface area contributed by atoms with Crippen LogP contribution in [0.3, 0.4) is 0 Å². The molecule has 1 aliphatic rings. The second-order valence-corrected chi connectivity index (χ2v) is 6.07. The van der Waals surface area contributed by atoms with Gasteiger partial charge in [-0.2, -0.15) is 0 Å². The van der Waals surface area contributed by atoms with Gasteiger partial charge in [0, 0.05) is 6.42 Å². The smallest absolute Gasteiger partial charge is 0.267 e. The van der Waals surface area contributed by atoms with E-state index in [-0.39, 0.29) is 11.7 Å². The molecule has 1 N–H and O–H groups in total. The van der Waals surface area contributed by atoms with Crippen LogP contribution in [0.25, 0.3) is 10.2 Å². The van der Waals surface area contributed by atoms with Crippen LogP contribution in [0, 0.1) is 5.82 Å². The zero-order valence-corrected chi connectivity index (χ0v) is 12.2. The lowest BCUT2D eigenvalue weighted by Crippen LogP contribution is -2.31. The summed E-state index contributed by atoms with van der Waals surface area (Å²) in [5.41, 5.74) is 1.69. The highest BCUT2D eigenvalue weighted by Crippen LogP contribution is 2.30. The Morgan fingerprint density at radius 3 is 3.05 bits per heavy atom. The minimum Gasteiger partial charge on any atom is -0.480 e. The van der Waals surface area contributed by atoms with E-state index < -0.39 is 6.10 Å². The molecule has 0 fully saturated rings. The molecule has 4 nitrogen and oxygen atoms in total. The quantitative estimate of drug-likeness (QED) is 0.789. The summed E-state index contributed by atoms with van der Waals surface area (Å²) in [5.74, 6) is 0.188. The van der Waals surface area contributed by atoms with Gasteiger partial charge in [-0.05, 0) is 29.8 Å². The first-order valence-corrected chi connectivity index (χ1v) is 7.62. The van der Waals surface area contributed by atoms with Crippen molar-refractivity contribution in [3.8, 4) is 5.75 Å². The lowest BCUT2D eigenvalue weighted by atomic mass is 10.1. The molecule has 0 unspecified atom stereocenters. The Hall–Kier alpha value is -2.47. The third-order valence-corrected chi connectivity index (χ3v) is 4.45. The minimum atomic E-state index is -0.554. The van der Waals surface area contributed by atoms with E-state index in [0.717, 1.165) is 11.3 Å². The maximum absolute atomic E-state index is 13.2. The van der Waals surface area contributed by atoms with Crippen LogP contribution in [0.4, 0.5) is 9.52 Å². The van der Waals surface area contributed by atoms with Gasteiger partial charge >= 0.3 is 0 Å². The Kier molecular flexibility index (Phi) is 3.04. The number of fused-ring (bicyclic) bond motifs is 2. The Morgan fingerprint density at radius 1 is 1.32 bits per heavy atom. The van der Waals surface area contributed by atoms with Crippen LogP contribution in [0.15, 0.2) is 42.5 Å². The van der Waals surface area contributed by atoms with Gasteiger partial charge in [-0.1, -0.05) is 29.5 Å². The van der Waals surface area contributed by atoms with Gasteiger partial charge in [0.05, 0.1) is 10.2 Å². The summed E-state index contributed by atoms with van der Waals surface area (Å²) in [6, 6.07) is 12.0. The van der Waals surface area contributed by atoms with Crippen molar-refractivity contribution in [2.45, 2.75) is 12.5 Å². The molecule has 0 saturated heterocycles. The zero-order valence-electron chi connectivity index (χ0n) is 11.4. The predicted octanol–water partition coefficient (Wildman–Crippen LogP) is 3.38. The molecule has 3 aromatic rings. The van der Waals surface area contributed by atoms with Crippen LogP contribution < -0.4 is 10.1 Å². The number of carbonyl (C=O) groups is 1. The van der Waals surface area contributed by atoms with E-state index in [1.54, 1.807) is 6.07 Å². The number of nitrogens with zero attached hydrogens (tertiary/aromatic N) is 1. The maximum Gasteiger partial charge on any atom is 0.267 e. The van der Waals surface area contributed by atoms with Crippen molar-refractivity contribution in [1.29, 1.82) is 0 Å². The highest BCUT2D eigenvalue weighted by Gasteiger charge is 2.29. The second kappa shape index (κ2) is 5.06. The van der Waals surface area contributed by atoms with Crippen molar-refractivity contribution in [2.24, 2.45) is 0 Å². The van der Waals surface area contributed by atoms with Gasteiger partial charge in [0.25, 0.3) is 5.91 Å². The number of thiazole rings is 1. The molecule has 0 radical (unpaired) electrons. The molecule has 1 aromatic heterocycles. The number of halogens is 1. The number of rotatable bonds is 2. The summed E-state index contributed by atoms with van der Waals surface area (Å²) in [7, 11) is 0. The minimum absolute atomic E-state index is 0.240. The molecule has 1 aliphatic heterocycles. The number of carbonyl (C=O) groups excluding carboxylic acids is 1.